The third-order valence-corrected chi connectivity index (χ3v) is 2.99. The summed E-state index contributed by atoms with van der Waals surface area (Å²) in [6.07, 6.45) is -0.221. The molecule has 1 N–H and O–H groups in total. The number of aliphatic carboxylic acids is 1. The van der Waals surface area contributed by atoms with Gasteiger partial charge in [-0.05, 0) is 28.1 Å². The summed E-state index contributed by atoms with van der Waals surface area (Å²) in [5, 5.41) is 20.1. The Kier molecular flexibility index (Phi) is 4.94. The van der Waals surface area contributed by atoms with Crippen LogP contribution in [0.1, 0.15) is 17.8 Å². The summed E-state index contributed by atoms with van der Waals surface area (Å²) in [6.45, 7) is 0.242. The van der Waals surface area contributed by atoms with Gasteiger partial charge in [0.15, 0.2) is 5.82 Å². The zero-order valence-corrected chi connectivity index (χ0v) is 11.4. The van der Waals surface area contributed by atoms with Crippen molar-refractivity contribution in [3.63, 3.8) is 0 Å². The van der Waals surface area contributed by atoms with Gasteiger partial charge >= 0.3 is 5.97 Å². The van der Waals surface area contributed by atoms with E-state index in [1.54, 1.807) is 12.1 Å². The lowest BCUT2D eigenvalue weighted by molar-refractivity contribution is -0.140. The molecule has 0 radical (unpaired) electrons. The van der Waals surface area contributed by atoms with Crippen molar-refractivity contribution >= 4 is 5.97 Å². The molecule has 0 spiro atoms. The van der Waals surface area contributed by atoms with E-state index in [0.717, 1.165) is 5.56 Å². The highest BCUT2D eigenvalue weighted by Gasteiger charge is 2.16. The fraction of sp³-hybridized carbons (Fsp3) is 0.385. The summed E-state index contributed by atoms with van der Waals surface area (Å²) in [5.74, 6) is -0.691. The van der Waals surface area contributed by atoms with Crippen LogP contribution in [-0.2, 0) is 22.5 Å². The third-order valence-electron chi connectivity index (χ3n) is 2.99. The van der Waals surface area contributed by atoms with Crippen molar-refractivity contribution in [2.45, 2.75) is 25.5 Å². The second-order valence-electron chi connectivity index (χ2n) is 4.54. The Bertz CT molecular complexity index is 600. The first-order chi connectivity index (χ1) is 10.1. The van der Waals surface area contributed by atoms with Crippen LogP contribution in [0.2, 0.25) is 0 Å². The zero-order chi connectivity index (χ0) is 15.2. The van der Waals surface area contributed by atoms with Crippen molar-refractivity contribution in [1.82, 2.24) is 20.2 Å². The second-order valence-corrected chi connectivity index (χ2v) is 4.54. The van der Waals surface area contributed by atoms with Crippen LogP contribution in [0.15, 0.2) is 24.3 Å². The number of halogens is 1. The van der Waals surface area contributed by atoms with Gasteiger partial charge in [-0.15, -0.1) is 5.10 Å². The Morgan fingerprint density at radius 2 is 2.14 bits per heavy atom. The van der Waals surface area contributed by atoms with Crippen LogP contribution in [-0.4, -0.2) is 44.5 Å². The van der Waals surface area contributed by atoms with Gasteiger partial charge < -0.3 is 9.84 Å². The first-order valence-corrected chi connectivity index (χ1v) is 6.32. The molecule has 112 valence electrons. The first-order valence-electron chi connectivity index (χ1n) is 6.32. The van der Waals surface area contributed by atoms with E-state index in [2.05, 4.69) is 15.5 Å². The normalized spacial score (nSPS) is 12.3. The van der Waals surface area contributed by atoms with Gasteiger partial charge in [-0.25, -0.2) is 9.07 Å². The summed E-state index contributed by atoms with van der Waals surface area (Å²) in [7, 11) is 1.44. The molecule has 0 aliphatic heterocycles. The molecule has 0 bridgehead atoms. The first kappa shape index (κ1) is 15.0. The van der Waals surface area contributed by atoms with Crippen molar-refractivity contribution in [3.05, 3.63) is 41.5 Å². The summed E-state index contributed by atoms with van der Waals surface area (Å²) < 4.78 is 19.5. The monoisotopic (exact) mass is 294 g/mol. The van der Waals surface area contributed by atoms with Gasteiger partial charge in [0.2, 0.25) is 0 Å². The van der Waals surface area contributed by atoms with Crippen molar-refractivity contribution in [2.75, 3.05) is 7.11 Å². The number of tetrazole rings is 1. The fourth-order valence-corrected chi connectivity index (χ4v) is 1.89. The molecule has 21 heavy (non-hydrogen) atoms. The number of aromatic nitrogens is 4. The molecule has 0 saturated carbocycles. The van der Waals surface area contributed by atoms with Crippen LogP contribution in [0.25, 0.3) is 0 Å². The van der Waals surface area contributed by atoms with Crippen molar-refractivity contribution in [2.24, 2.45) is 0 Å². The topological polar surface area (TPSA) is 90.1 Å². The minimum Gasteiger partial charge on any atom is -0.481 e. The van der Waals surface area contributed by atoms with E-state index in [9.17, 15) is 9.18 Å². The zero-order valence-electron chi connectivity index (χ0n) is 11.4. The molecule has 7 nitrogen and oxygen atoms in total. The van der Waals surface area contributed by atoms with Gasteiger partial charge in [-0.1, -0.05) is 12.1 Å². The highest BCUT2D eigenvalue weighted by Crippen LogP contribution is 2.09. The van der Waals surface area contributed by atoms with Crippen LogP contribution < -0.4 is 0 Å². The molecular weight excluding hydrogens is 279 g/mol. The fourth-order valence-electron chi connectivity index (χ4n) is 1.89. The molecule has 0 aliphatic rings. The molecule has 0 amide bonds. The smallest absolute Gasteiger partial charge is 0.306 e. The Balaban J connectivity index is 2.07. The molecule has 1 aromatic carbocycles. The number of carboxylic acids is 1. The average molecular weight is 294 g/mol. The quantitative estimate of drug-likeness (QED) is 0.815. The lowest BCUT2D eigenvalue weighted by Gasteiger charge is -2.13. The number of hydrogen-bond donors (Lipinski definition) is 1. The van der Waals surface area contributed by atoms with Gasteiger partial charge in [0.05, 0.1) is 19.1 Å². The highest BCUT2D eigenvalue weighted by molar-refractivity contribution is 5.67. The second kappa shape index (κ2) is 6.89. The number of benzene rings is 1. The van der Waals surface area contributed by atoms with Crippen molar-refractivity contribution in [1.29, 1.82) is 0 Å². The lowest BCUT2D eigenvalue weighted by atomic mass is 10.1. The van der Waals surface area contributed by atoms with E-state index >= 15 is 0 Å². The summed E-state index contributed by atoms with van der Waals surface area (Å²) >= 11 is 0. The summed E-state index contributed by atoms with van der Waals surface area (Å²) in [5.41, 5.74) is 0.861. The van der Waals surface area contributed by atoms with Gasteiger partial charge in [0.1, 0.15) is 5.82 Å². The van der Waals surface area contributed by atoms with Crippen molar-refractivity contribution < 1.29 is 19.0 Å². The molecule has 0 saturated heterocycles. The maximum atomic E-state index is 12.9. The van der Waals surface area contributed by atoms with Gasteiger partial charge in [0.25, 0.3) is 0 Å². The maximum Gasteiger partial charge on any atom is 0.306 e. The number of carbonyl (C=O) groups is 1. The molecule has 0 fully saturated rings. The standard InChI is InChI=1S/C13H15FN4O3/c1-21-11(7-13(19)20)8-18-12(15-16-17-18)6-9-2-4-10(14)5-3-9/h2-5,11H,6-8H2,1H3,(H,19,20). The summed E-state index contributed by atoms with van der Waals surface area (Å²) in [4.78, 5) is 10.7. The Morgan fingerprint density at radius 1 is 1.43 bits per heavy atom. The van der Waals surface area contributed by atoms with E-state index in [1.165, 1.54) is 23.9 Å². The van der Waals surface area contributed by atoms with Crippen LogP contribution >= 0.6 is 0 Å². The molecule has 0 aliphatic carbocycles. The number of hydrogen-bond acceptors (Lipinski definition) is 5. The molecule has 2 rings (SSSR count). The van der Waals surface area contributed by atoms with Gasteiger partial charge in [-0.2, -0.15) is 0 Å². The Labute approximate surface area is 120 Å². The van der Waals surface area contributed by atoms with E-state index in [0.29, 0.717) is 12.2 Å². The number of ether oxygens (including phenoxy) is 1. The van der Waals surface area contributed by atoms with Crippen LogP contribution in [0.3, 0.4) is 0 Å². The predicted molar refractivity (Wildman–Crippen MR) is 70.1 cm³/mol. The van der Waals surface area contributed by atoms with E-state index in [-0.39, 0.29) is 18.8 Å². The molecule has 1 unspecified atom stereocenters. The minimum atomic E-state index is -0.949. The molecule has 1 aromatic heterocycles. The largest absolute Gasteiger partial charge is 0.481 e. The Hall–Kier alpha value is -2.35. The van der Waals surface area contributed by atoms with Crippen LogP contribution in [0.5, 0.6) is 0 Å². The predicted octanol–water partition coefficient (Wildman–Crippen LogP) is 0.893. The SMILES string of the molecule is COC(CC(=O)O)Cn1nnnc1Cc1ccc(F)cc1. The number of nitrogens with zero attached hydrogens (tertiary/aromatic N) is 4. The van der Waals surface area contributed by atoms with Gasteiger partial charge in [-0.3, -0.25) is 4.79 Å². The van der Waals surface area contributed by atoms with Crippen LogP contribution in [0, 0.1) is 5.82 Å². The summed E-state index contributed by atoms with van der Waals surface area (Å²) in [6, 6.07) is 6.04. The van der Waals surface area contributed by atoms with Crippen molar-refractivity contribution in [3.8, 4) is 0 Å². The molecule has 1 atom stereocenters. The van der Waals surface area contributed by atoms with E-state index < -0.39 is 12.1 Å². The van der Waals surface area contributed by atoms with E-state index in [4.69, 9.17) is 9.84 Å². The number of rotatable bonds is 7. The number of carboxylic acid groups (broad SMARTS) is 1. The number of methoxy groups -OCH3 is 1. The van der Waals surface area contributed by atoms with E-state index in [1.807, 2.05) is 0 Å². The average Bonchev–Trinajstić information content (AvgIpc) is 2.87. The minimum absolute atomic E-state index is 0.133. The lowest BCUT2D eigenvalue weighted by Crippen LogP contribution is -2.24. The maximum absolute atomic E-state index is 12.9. The molecular formula is C13H15FN4O3. The highest BCUT2D eigenvalue weighted by atomic mass is 19.1. The van der Waals surface area contributed by atoms with Crippen LogP contribution in [0.4, 0.5) is 4.39 Å². The molecule has 8 heteroatoms. The van der Waals surface area contributed by atoms with Gasteiger partial charge in [0, 0.05) is 13.5 Å². The third kappa shape index (κ3) is 4.32. The molecule has 1 heterocycles. The molecule has 2 aromatic rings. The Morgan fingerprint density at radius 3 is 2.76 bits per heavy atom.